The molecule has 0 saturated heterocycles. The predicted octanol–water partition coefficient (Wildman–Crippen LogP) is -0.644. The number of hydrogen-bond donors (Lipinski definition) is 7. The molecule has 3 amide bonds. The normalized spacial score (nSPS) is 27.6. The summed E-state index contributed by atoms with van der Waals surface area (Å²) in [6.07, 6.45) is 0.0400. The number of benzene rings is 1. The number of amides is 3. The van der Waals surface area contributed by atoms with E-state index in [0.717, 1.165) is 0 Å². The number of aliphatic hydroxyl groups excluding tert-OH is 2. The Bertz CT molecular complexity index is 1360. The van der Waals surface area contributed by atoms with E-state index in [1.807, 2.05) is 0 Å². The molecule has 3 aliphatic carbocycles. The van der Waals surface area contributed by atoms with Gasteiger partial charge in [-0.3, -0.25) is 19.3 Å². The number of phenolic OH excluding ortho intramolecular Hbond substituents is 1. The zero-order valence-corrected chi connectivity index (χ0v) is 20.3. The summed E-state index contributed by atoms with van der Waals surface area (Å²) in [5.74, 6) is -7.28. The number of aliphatic hydroxyl groups is 3. The van der Waals surface area contributed by atoms with Crippen molar-refractivity contribution in [2.75, 3.05) is 14.1 Å². The molecule has 1 fully saturated rings. The Kier molecular flexibility index (Phi) is 6.08. The predicted molar refractivity (Wildman–Crippen MR) is 129 cm³/mol. The van der Waals surface area contributed by atoms with Crippen molar-refractivity contribution < 1.29 is 39.6 Å². The molecule has 0 bridgehead atoms. The molecule has 4 atom stereocenters. The second-order valence-corrected chi connectivity index (χ2v) is 9.62. The maximum Gasteiger partial charge on any atom is 0.332 e. The van der Waals surface area contributed by atoms with E-state index in [1.54, 1.807) is 6.92 Å². The molecule has 13 nitrogen and oxygen atoms in total. The molecular formula is C24H27N5O8. The number of nitrogens with two attached hydrogens (primary N) is 2. The fraction of sp³-hybridized carbons (Fsp3) is 0.375. The third-order valence-electron chi connectivity index (χ3n) is 7.33. The van der Waals surface area contributed by atoms with Gasteiger partial charge in [0.2, 0.25) is 5.78 Å². The number of nitrogens with zero attached hydrogens (tertiary/aromatic N) is 2. The highest BCUT2D eigenvalue weighted by molar-refractivity contribution is 6.24. The molecule has 0 heterocycles. The summed E-state index contributed by atoms with van der Waals surface area (Å²) in [5.41, 5.74) is 9.74. The van der Waals surface area contributed by atoms with Crippen LogP contribution < -0.4 is 16.9 Å². The Hall–Kier alpha value is -4.23. The van der Waals surface area contributed by atoms with Gasteiger partial charge < -0.3 is 31.9 Å². The van der Waals surface area contributed by atoms with Crippen LogP contribution in [0.4, 0.5) is 4.79 Å². The highest BCUT2D eigenvalue weighted by Gasteiger charge is 2.64. The van der Waals surface area contributed by atoms with Gasteiger partial charge in [-0.15, -0.1) is 0 Å². The van der Waals surface area contributed by atoms with E-state index in [-0.39, 0.29) is 29.7 Å². The van der Waals surface area contributed by atoms with Crippen molar-refractivity contribution in [3.8, 4) is 5.75 Å². The molecule has 37 heavy (non-hydrogen) atoms. The number of hydrazone groups is 1. The van der Waals surface area contributed by atoms with Crippen LogP contribution in [-0.4, -0.2) is 80.3 Å². The topological polar surface area (TPSA) is 229 Å². The number of primary amides is 2. The molecule has 1 aromatic rings. The van der Waals surface area contributed by atoms with Crippen LogP contribution in [0, 0.1) is 11.8 Å². The summed E-state index contributed by atoms with van der Waals surface area (Å²) in [5, 5.41) is 48.1. The lowest BCUT2D eigenvalue weighted by Crippen LogP contribution is -2.65. The molecule has 9 N–H and O–H groups in total. The van der Waals surface area contributed by atoms with Crippen LogP contribution in [0.2, 0.25) is 0 Å². The number of aromatic hydroxyl groups is 1. The number of urea groups is 1. The summed E-state index contributed by atoms with van der Waals surface area (Å²) in [7, 11) is 3.05. The number of fused-ring (bicyclic) bond motifs is 3. The monoisotopic (exact) mass is 513 g/mol. The Balaban J connectivity index is 1.95. The van der Waals surface area contributed by atoms with Gasteiger partial charge in [0.05, 0.1) is 17.3 Å². The van der Waals surface area contributed by atoms with Crippen LogP contribution in [0.5, 0.6) is 5.75 Å². The molecule has 0 radical (unpaired) electrons. The minimum Gasteiger partial charge on any atom is -0.508 e. The maximum absolute atomic E-state index is 13.8. The third kappa shape index (κ3) is 3.65. The number of carbonyl (C=O) groups excluding carboxylic acids is 4. The standard InChI is InChI=1S/C24H27N5O8/c1-8(27-28-23(26)36)10-4-5-13(30)15-11(10)6-9-7-12-17(29(2)3)19(32)16(22(25)35)21(34)24(12,37)20(33)14(9)18(15)31/h4-5,9,12,17,30-31,34,37H,6-7H2,1-3H3,(H2,25,35)(H3,26,28,36)/b27-8-/t9-,12-,17?,24-/m1/s1. The van der Waals surface area contributed by atoms with E-state index in [1.165, 1.54) is 31.1 Å². The van der Waals surface area contributed by atoms with Gasteiger partial charge in [-0.25, -0.2) is 10.2 Å². The first kappa shape index (κ1) is 25.9. The first-order valence-corrected chi connectivity index (χ1v) is 11.3. The lowest BCUT2D eigenvalue weighted by atomic mass is 9.57. The Morgan fingerprint density at radius 1 is 1.16 bits per heavy atom. The lowest BCUT2D eigenvalue weighted by Gasteiger charge is -2.50. The average Bonchev–Trinajstić information content (AvgIpc) is 2.79. The van der Waals surface area contributed by atoms with Crippen LogP contribution in [0.25, 0.3) is 5.76 Å². The third-order valence-corrected chi connectivity index (χ3v) is 7.33. The highest BCUT2D eigenvalue weighted by atomic mass is 16.3. The molecule has 4 rings (SSSR count). The smallest absolute Gasteiger partial charge is 0.332 e. The molecule has 0 spiro atoms. The van der Waals surface area contributed by atoms with Gasteiger partial charge >= 0.3 is 6.03 Å². The second-order valence-electron chi connectivity index (χ2n) is 9.62. The van der Waals surface area contributed by atoms with E-state index in [0.29, 0.717) is 16.8 Å². The molecule has 3 aliphatic rings. The summed E-state index contributed by atoms with van der Waals surface area (Å²) in [6, 6.07) is 0.719. The number of hydrogen-bond acceptors (Lipinski definition) is 10. The first-order chi connectivity index (χ1) is 17.2. The minimum atomic E-state index is -2.71. The zero-order chi connectivity index (χ0) is 27.6. The minimum absolute atomic E-state index is 0.0451. The molecule has 1 aromatic carbocycles. The zero-order valence-electron chi connectivity index (χ0n) is 20.3. The van der Waals surface area contributed by atoms with Gasteiger partial charge in [-0.2, -0.15) is 5.10 Å². The van der Waals surface area contributed by atoms with Crippen molar-refractivity contribution in [3.63, 3.8) is 0 Å². The quantitative estimate of drug-likeness (QED) is 0.154. The van der Waals surface area contributed by atoms with Gasteiger partial charge in [-0.05, 0) is 57.5 Å². The fourth-order valence-electron chi connectivity index (χ4n) is 5.78. The number of rotatable bonds is 4. The Morgan fingerprint density at radius 3 is 2.38 bits per heavy atom. The summed E-state index contributed by atoms with van der Waals surface area (Å²) in [4.78, 5) is 51.4. The summed E-state index contributed by atoms with van der Waals surface area (Å²) in [6.45, 7) is 1.57. The maximum atomic E-state index is 13.8. The lowest BCUT2D eigenvalue weighted by molar-refractivity contribution is -0.153. The molecule has 196 valence electrons. The van der Waals surface area contributed by atoms with Gasteiger partial charge in [-0.1, -0.05) is 0 Å². The second kappa shape index (κ2) is 8.71. The van der Waals surface area contributed by atoms with Crippen molar-refractivity contribution in [3.05, 3.63) is 45.7 Å². The molecular weight excluding hydrogens is 486 g/mol. The van der Waals surface area contributed by atoms with Crippen LogP contribution in [0.15, 0.2) is 34.1 Å². The van der Waals surface area contributed by atoms with Crippen molar-refractivity contribution in [2.24, 2.45) is 28.4 Å². The van der Waals surface area contributed by atoms with Crippen molar-refractivity contribution in [1.29, 1.82) is 0 Å². The Labute approximate surface area is 210 Å². The highest BCUT2D eigenvalue weighted by Crippen LogP contribution is 2.52. The number of nitrogens with one attached hydrogen (secondary N) is 1. The average molecular weight is 514 g/mol. The van der Waals surface area contributed by atoms with Crippen molar-refractivity contribution >= 4 is 35.0 Å². The van der Waals surface area contributed by atoms with Crippen molar-refractivity contribution in [1.82, 2.24) is 10.3 Å². The van der Waals surface area contributed by atoms with Gasteiger partial charge in [0.1, 0.15) is 22.8 Å². The van der Waals surface area contributed by atoms with E-state index < -0.39 is 64.1 Å². The number of phenols is 1. The number of carbonyl (C=O) groups is 4. The van der Waals surface area contributed by atoms with Crippen molar-refractivity contribution in [2.45, 2.75) is 31.4 Å². The van der Waals surface area contributed by atoms with Crippen LogP contribution >= 0.6 is 0 Å². The SMILES string of the molecule is C/C(=N/NC(N)=O)c1ccc(O)c2c1C[C@@H]1C[C@@H]3C(N(C)C)C(=O)C(C(N)=O)=C(O)[C@]3(O)C(=O)C1=C2O. The molecule has 0 aromatic heterocycles. The van der Waals surface area contributed by atoms with Gasteiger partial charge in [0, 0.05) is 17.1 Å². The van der Waals surface area contributed by atoms with E-state index in [4.69, 9.17) is 11.5 Å². The van der Waals surface area contributed by atoms with Gasteiger partial charge in [0.15, 0.2) is 11.4 Å². The van der Waals surface area contributed by atoms with Crippen LogP contribution in [-0.2, 0) is 20.8 Å². The Morgan fingerprint density at radius 2 is 1.81 bits per heavy atom. The molecule has 13 heteroatoms. The molecule has 1 unspecified atom stereocenters. The van der Waals surface area contributed by atoms with Crippen LogP contribution in [0.3, 0.4) is 0 Å². The number of Topliss-reactive ketones (excluding diaryl/α,β-unsaturated/α-hetero) is 2. The van der Waals surface area contributed by atoms with E-state index in [9.17, 15) is 39.6 Å². The number of ketones is 2. The summed E-state index contributed by atoms with van der Waals surface area (Å²) < 4.78 is 0. The summed E-state index contributed by atoms with van der Waals surface area (Å²) >= 11 is 0. The van der Waals surface area contributed by atoms with Gasteiger partial charge in [0.25, 0.3) is 5.91 Å². The largest absolute Gasteiger partial charge is 0.508 e. The van der Waals surface area contributed by atoms with E-state index in [2.05, 4.69) is 10.5 Å². The fourth-order valence-corrected chi connectivity index (χ4v) is 5.78. The van der Waals surface area contributed by atoms with Crippen LogP contribution in [0.1, 0.15) is 30.0 Å². The molecule has 1 saturated carbocycles. The van der Waals surface area contributed by atoms with E-state index >= 15 is 0 Å². The number of likely N-dealkylation sites (N-methyl/N-ethyl adjacent to an activating group) is 1. The molecule has 0 aliphatic heterocycles. The first-order valence-electron chi connectivity index (χ1n) is 11.3.